The zero-order valence-electron chi connectivity index (χ0n) is 16.7. The minimum Gasteiger partial charge on any atom is -0.355 e. The summed E-state index contributed by atoms with van der Waals surface area (Å²) < 4.78 is 42.1. The number of halogens is 3. The van der Waals surface area contributed by atoms with Gasteiger partial charge < -0.3 is 14.8 Å². The van der Waals surface area contributed by atoms with Gasteiger partial charge in [-0.2, -0.15) is 13.2 Å². The van der Waals surface area contributed by atoms with Crippen LogP contribution in [0.3, 0.4) is 0 Å². The van der Waals surface area contributed by atoms with E-state index in [-0.39, 0.29) is 24.8 Å². The number of alkyl halides is 3. The molecule has 0 spiro atoms. The van der Waals surface area contributed by atoms with E-state index in [0.29, 0.717) is 19.4 Å². The Morgan fingerprint density at radius 3 is 2.87 bits per heavy atom. The number of hydrogen-bond donors (Lipinski definition) is 1. The summed E-state index contributed by atoms with van der Waals surface area (Å²) in [6.45, 7) is 1.79. The van der Waals surface area contributed by atoms with Gasteiger partial charge in [0.2, 0.25) is 5.91 Å². The molecule has 7 nitrogen and oxygen atoms in total. The smallest absolute Gasteiger partial charge is 0.355 e. The van der Waals surface area contributed by atoms with Crippen LogP contribution in [0.5, 0.6) is 0 Å². The third-order valence-electron chi connectivity index (χ3n) is 5.79. The molecule has 1 fully saturated rings. The Morgan fingerprint density at radius 2 is 2.03 bits per heavy atom. The van der Waals surface area contributed by atoms with Crippen molar-refractivity contribution >= 4 is 11.7 Å². The summed E-state index contributed by atoms with van der Waals surface area (Å²) in [4.78, 5) is 18.3. The summed E-state index contributed by atoms with van der Waals surface area (Å²) in [6.07, 6.45) is 2.34. The van der Waals surface area contributed by atoms with Gasteiger partial charge in [0, 0.05) is 32.3 Å². The lowest BCUT2D eigenvalue weighted by atomic mass is 9.96. The lowest BCUT2D eigenvalue weighted by molar-refractivity contribution is -0.137. The van der Waals surface area contributed by atoms with Crippen molar-refractivity contribution in [1.82, 2.24) is 25.1 Å². The number of aryl methyl sites for hydroxylation is 1. The van der Waals surface area contributed by atoms with Crippen molar-refractivity contribution in [3.8, 4) is 0 Å². The van der Waals surface area contributed by atoms with Gasteiger partial charge in [-0.3, -0.25) is 4.79 Å². The number of nitrogens with zero attached hydrogens (tertiary/aromatic N) is 5. The van der Waals surface area contributed by atoms with E-state index in [2.05, 4.69) is 25.1 Å². The van der Waals surface area contributed by atoms with Crippen molar-refractivity contribution < 1.29 is 18.0 Å². The van der Waals surface area contributed by atoms with E-state index in [1.807, 2.05) is 0 Å². The van der Waals surface area contributed by atoms with Crippen LogP contribution in [0.15, 0.2) is 18.3 Å². The normalized spacial score (nSPS) is 19.8. The molecule has 30 heavy (non-hydrogen) atoms. The number of carbonyl (C=O) groups is 1. The van der Waals surface area contributed by atoms with Crippen LogP contribution in [0.4, 0.5) is 19.0 Å². The van der Waals surface area contributed by atoms with Gasteiger partial charge in [-0.1, -0.05) is 6.42 Å². The highest BCUT2D eigenvalue weighted by Gasteiger charge is 2.37. The molecule has 0 saturated carbocycles. The van der Waals surface area contributed by atoms with Crippen LogP contribution >= 0.6 is 0 Å². The van der Waals surface area contributed by atoms with Gasteiger partial charge in [0.25, 0.3) is 0 Å². The van der Waals surface area contributed by atoms with E-state index in [9.17, 15) is 18.0 Å². The van der Waals surface area contributed by atoms with Crippen molar-refractivity contribution in [3.63, 3.8) is 0 Å². The molecule has 0 aliphatic carbocycles. The van der Waals surface area contributed by atoms with Gasteiger partial charge in [-0.05, 0) is 37.8 Å². The van der Waals surface area contributed by atoms with Crippen molar-refractivity contribution in [2.45, 2.75) is 57.8 Å². The van der Waals surface area contributed by atoms with Crippen molar-refractivity contribution in [2.24, 2.45) is 5.92 Å². The molecule has 0 unspecified atom stereocenters. The van der Waals surface area contributed by atoms with Gasteiger partial charge >= 0.3 is 6.18 Å². The molecular weight excluding hydrogens is 397 g/mol. The molecule has 0 radical (unpaired) electrons. The highest BCUT2D eigenvalue weighted by atomic mass is 19.4. The number of piperidine rings is 1. The van der Waals surface area contributed by atoms with Gasteiger partial charge in [-0.25, -0.2) is 4.98 Å². The minimum atomic E-state index is -4.48. The third kappa shape index (κ3) is 4.41. The number of hydrogen-bond acceptors (Lipinski definition) is 5. The zero-order valence-corrected chi connectivity index (χ0v) is 16.7. The maximum absolute atomic E-state index is 13.3. The molecular formula is C20H25F3N6O. The van der Waals surface area contributed by atoms with E-state index in [4.69, 9.17) is 0 Å². The third-order valence-corrected chi connectivity index (χ3v) is 5.79. The summed E-state index contributed by atoms with van der Waals surface area (Å²) in [5, 5.41) is 11.4. The molecule has 1 N–H and O–H groups in total. The van der Waals surface area contributed by atoms with E-state index in [1.165, 1.54) is 12.3 Å². The van der Waals surface area contributed by atoms with Crippen molar-refractivity contribution in [2.75, 3.05) is 18.0 Å². The van der Waals surface area contributed by atoms with Crippen LogP contribution in [-0.4, -0.2) is 38.7 Å². The second-order valence-electron chi connectivity index (χ2n) is 7.87. The number of anilines is 1. The molecule has 2 aliphatic heterocycles. The predicted molar refractivity (Wildman–Crippen MR) is 104 cm³/mol. The minimum absolute atomic E-state index is 0.106. The molecule has 2 aromatic heterocycles. The highest BCUT2D eigenvalue weighted by Crippen LogP contribution is 2.36. The lowest BCUT2D eigenvalue weighted by Gasteiger charge is -2.34. The SMILES string of the molecule is O=C(NCc1nnc2n1CCCCC2)[C@@H]1CCCN(c2ncccc2C(F)(F)F)C1. The Kier molecular flexibility index (Phi) is 5.92. The molecule has 4 rings (SSSR count). The summed E-state index contributed by atoms with van der Waals surface area (Å²) in [5.41, 5.74) is -0.766. The summed E-state index contributed by atoms with van der Waals surface area (Å²) in [6, 6.07) is 2.31. The average molecular weight is 422 g/mol. The molecule has 1 atom stereocenters. The van der Waals surface area contributed by atoms with Crippen molar-refractivity contribution in [3.05, 3.63) is 35.5 Å². The maximum Gasteiger partial charge on any atom is 0.419 e. The van der Waals surface area contributed by atoms with Crippen LogP contribution in [0, 0.1) is 5.92 Å². The Labute approximate surface area is 172 Å². The first kappa shape index (κ1) is 20.6. The molecule has 10 heteroatoms. The largest absolute Gasteiger partial charge is 0.419 e. The van der Waals surface area contributed by atoms with E-state index < -0.39 is 17.7 Å². The number of fused-ring (bicyclic) bond motifs is 1. The maximum atomic E-state index is 13.3. The van der Waals surface area contributed by atoms with Crippen LogP contribution < -0.4 is 10.2 Å². The fourth-order valence-corrected chi connectivity index (χ4v) is 4.24. The van der Waals surface area contributed by atoms with E-state index in [0.717, 1.165) is 49.9 Å². The standard InChI is InChI=1S/C20H25F3N6O/c21-20(22,23)15-7-4-9-24-18(15)28-10-5-6-14(13-28)19(30)25-12-17-27-26-16-8-2-1-3-11-29(16)17/h4,7,9,14H,1-3,5-6,8,10-13H2,(H,25,30)/t14-/m1/s1. The second-order valence-corrected chi connectivity index (χ2v) is 7.87. The van der Waals surface area contributed by atoms with E-state index >= 15 is 0 Å². The highest BCUT2D eigenvalue weighted by molar-refractivity contribution is 5.79. The van der Waals surface area contributed by atoms with Gasteiger partial charge in [0.1, 0.15) is 11.6 Å². The lowest BCUT2D eigenvalue weighted by Crippen LogP contribution is -2.44. The van der Waals surface area contributed by atoms with Crippen LogP contribution in [-0.2, 0) is 30.5 Å². The van der Waals surface area contributed by atoms with Crippen LogP contribution in [0.2, 0.25) is 0 Å². The van der Waals surface area contributed by atoms with Gasteiger partial charge in [0.05, 0.1) is 18.0 Å². The Hall–Kier alpha value is -2.65. The molecule has 162 valence electrons. The molecule has 0 bridgehead atoms. The Bertz CT molecular complexity index is 897. The Morgan fingerprint density at radius 1 is 1.17 bits per heavy atom. The quantitative estimate of drug-likeness (QED) is 0.820. The molecule has 4 heterocycles. The summed E-state index contributed by atoms with van der Waals surface area (Å²) in [5.74, 6) is 1.02. The number of aromatic nitrogens is 4. The van der Waals surface area contributed by atoms with Crippen molar-refractivity contribution in [1.29, 1.82) is 0 Å². The number of rotatable bonds is 4. The molecule has 2 aromatic rings. The number of pyridine rings is 1. The van der Waals surface area contributed by atoms with E-state index in [1.54, 1.807) is 4.90 Å². The fourth-order valence-electron chi connectivity index (χ4n) is 4.24. The first-order valence-corrected chi connectivity index (χ1v) is 10.4. The number of carbonyl (C=O) groups excluding carboxylic acids is 1. The first-order valence-electron chi connectivity index (χ1n) is 10.4. The monoisotopic (exact) mass is 422 g/mol. The topological polar surface area (TPSA) is 75.9 Å². The fraction of sp³-hybridized carbons (Fsp3) is 0.600. The number of amides is 1. The molecule has 0 aromatic carbocycles. The van der Waals surface area contributed by atoms with Crippen LogP contribution in [0.1, 0.15) is 49.3 Å². The first-order chi connectivity index (χ1) is 14.4. The molecule has 1 amide bonds. The summed E-state index contributed by atoms with van der Waals surface area (Å²) >= 11 is 0. The average Bonchev–Trinajstić information content (AvgIpc) is 2.97. The predicted octanol–water partition coefficient (Wildman–Crippen LogP) is 2.95. The zero-order chi connectivity index (χ0) is 21.1. The molecule has 2 aliphatic rings. The van der Waals surface area contributed by atoms with Gasteiger partial charge in [0.15, 0.2) is 5.82 Å². The molecule has 1 saturated heterocycles. The summed E-state index contributed by atoms with van der Waals surface area (Å²) in [7, 11) is 0. The second kappa shape index (κ2) is 8.61. The van der Waals surface area contributed by atoms with Crippen LogP contribution in [0.25, 0.3) is 0 Å². The number of nitrogens with one attached hydrogen (secondary N) is 1. The van der Waals surface area contributed by atoms with Gasteiger partial charge in [-0.15, -0.1) is 10.2 Å². The Balaban J connectivity index is 1.41.